The van der Waals surface area contributed by atoms with Crippen LogP contribution < -0.4 is 5.73 Å². The first kappa shape index (κ1) is 17.6. The number of hydrogen-bond acceptors (Lipinski definition) is 3. The van der Waals surface area contributed by atoms with Gasteiger partial charge in [0.05, 0.1) is 6.20 Å². The molecule has 1 aliphatic rings. The molecule has 1 rings (SSSR count). The van der Waals surface area contributed by atoms with Crippen LogP contribution in [0.15, 0.2) is 30.0 Å². The smallest absolute Gasteiger partial charge is 0.360 e. The highest BCUT2D eigenvalue weighted by Gasteiger charge is 2.36. The van der Waals surface area contributed by atoms with Crippen molar-refractivity contribution in [3.05, 3.63) is 25.1 Å². The number of amidine groups is 1. The molecular weight excluding hydrogens is 266 g/mol. The van der Waals surface area contributed by atoms with Crippen molar-refractivity contribution < 1.29 is 14.4 Å². The van der Waals surface area contributed by atoms with Gasteiger partial charge in [0.15, 0.2) is 6.54 Å². The van der Waals surface area contributed by atoms with E-state index in [1.807, 2.05) is 12.3 Å². The first-order chi connectivity index (χ1) is 10.1. The van der Waals surface area contributed by atoms with Crippen LogP contribution in [-0.4, -0.2) is 41.0 Å². The van der Waals surface area contributed by atoms with E-state index in [1.54, 1.807) is 6.20 Å². The van der Waals surface area contributed by atoms with Crippen LogP contribution in [0.25, 0.3) is 0 Å². The van der Waals surface area contributed by atoms with E-state index >= 15 is 0 Å². The number of nitrogens with zero attached hydrogens (tertiary/aromatic N) is 2. The van der Waals surface area contributed by atoms with Crippen LogP contribution in [0.1, 0.15) is 44.9 Å². The summed E-state index contributed by atoms with van der Waals surface area (Å²) in [6.45, 7) is 4.81. The molecule has 0 spiro atoms. The minimum Gasteiger partial charge on any atom is -0.477 e. The van der Waals surface area contributed by atoms with E-state index in [9.17, 15) is 4.79 Å². The van der Waals surface area contributed by atoms with Crippen molar-refractivity contribution >= 4 is 11.8 Å². The largest absolute Gasteiger partial charge is 0.477 e. The highest BCUT2D eigenvalue weighted by molar-refractivity contribution is 5.81. The molecule has 0 aromatic rings. The van der Waals surface area contributed by atoms with Gasteiger partial charge in [-0.1, -0.05) is 25.3 Å². The molecular formula is C16H28N3O2+. The molecule has 0 fully saturated rings. The molecule has 0 aromatic carbocycles. The van der Waals surface area contributed by atoms with Gasteiger partial charge in [-0.3, -0.25) is 0 Å². The molecule has 1 heterocycles. The van der Waals surface area contributed by atoms with Gasteiger partial charge in [-0.15, -0.1) is 6.58 Å². The fourth-order valence-corrected chi connectivity index (χ4v) is 2.74. The van der Waals surface area contributed by atoms with Gasteiger partial charge < -0.3 is 10.8 Å². The van der Waals surface area contributed by atoms with E-state index < -0.39 is 5.97 Å². The highest BCUT2D eigenvalue weighted by atomic mass is 16.4. The lowest BCUT2D eigenvalue weighted by atomic mass is 10.1. The average molecular weight is 294 g/mol. The number of aliphatic imine (C=N–C) groups is 1. The molecule has 0 aromatic heterocycles. The van der Waals surface area contributed by atoms with E-state index in [0.717, 1.165) is 31.5 Å². The summed E-state index contributed by atoms with van der Waals surface area (Å²) in [5.74, 6) is 0.126. The van der Waals surface area contributed by atoms with Gasteiger partial charge in [0, 0.05) is 13.0 Å². The summed E-state index contributed by atoms with van der Waals surface area (Å²) in [7, 11) is 0. The summed E-state index contributed by atoms with van der Waals surface area (Å²) in [4.78, 5) is 15.5. The number of rotatable bonds is 12. The number of aliphatic carboxylic acids is 1. The monoisotopic (exact) mass is 294 g/mol. The standard InChI is InChI=1S/C16H27N3O2/c1-2-3-4-5-6-7-8-9-15-18-11-13-19(15,12-10-17)14-16(20)21/h2,11,13H,1,3-10,12,14,17H2/p+1. The third kappa shape index (κ3) is 5.81. The second kappa shape index (κ2) is 9.47. The van der Waals surface area contributed by atoms with E-state index in [-0.39, 0.29) is 6.54 Å². The Morgan fingerprint density at radius 2 is 2.05 bits per heavy atom. The molecule has 5 heteroatoms. The van der Waals surface area contributed by atoms with Gasteiger partial charge >= 0.3 is 5.97 Å². The molecule has 0 radical (unpaired) electrons. The van der Waals surface area contributed by atoms with Gasteiger partial charge in [-0.05, 0) is 19.3 Å². The normalized spacial score (nSPS) is 20.5. The van der Waals surface area contributed by atoms with Crippen LogP contribution in [0.4, 0.5) is 0 Å². The summed E-state index contributed by atoms with van der Waals surface area (Å²) in [5, 5.41) is 9.12. The highest BCUT2D eigenvalue weighted by Crippen LogP contribution is 2.21. The molecule has 118 valence electrons. The van der Waals surface area contributed by atoms with Gasteiger partial charge in [-0.25, -0.2) is 14.3 Å². The maximum absolute atomic E-state index is 11.1. The van der Waals surface area contributed by atoms with E-state index in [2.05, 4.69) is 11.6 Å². The maximum atomic E-state index is 11.1. The van der Waals surface area contributed by atoms with Crippen molar-refractivity contribution in [1.82, 2.24) is 0 Å². The van der Waals surface area contributed by atoms with Crippen LogP contribution in [0.5, 0.6) is 0 Å². The fraction of sp³-hybridized carbons (Fsp3) is 0.625. The molecule has 0 amide bonds. The molecule has 1 atom stereocenters. The number of allylic oxidation sites excluding steroid dienone is 1. The minimum atomic E-state index is -0.813. The molecule has 0 saturated carbocycles. The zero-order chi connectivity index (χ0) is 15.6. The molecule has 0 bridgehead atoms. The van der Waals surface area contributed by atoms with E-state index in [0.29, 0.717) is 17.6 Å². The minimum absolute atomic E-state index is 0.0336. The van der Waals surface area contributed by atoms with Gasteiger partial charge in [0.25, 0.3) is 0 Å². The average Bonchev–Trinajstić information content (AvgIpc) is 2.80. The Balaban J connectivity index is 2.38. The Morgan fingerprint density at radius 1 is 1.33 bits per heavy atom. The first-order valence-corrected chi connectivity index (χ1v) is 7.79. The van der Waals surface area contributed by atoms with Crippen molar-refractivity contribution in [2.45, 2.75) is 44.9 Å². The number of carbonyl (C=O) groups is 1. The molecule has 5 nitrogen and oxygen atoms in total. The van der Waals surface area contributed by atoms with Gasteiger partial charge in [0.1, 0.15) is 12.7 Å². The molecule has 1 aliphatic heterocycles. The quantitative estimate of drug-likeness (QED) is 0.330. The van der Waals surface area contributed by atoms with Crippen LogP contribution in [0.2, 0.25) is 0 Å². The molecule has 0 aliphatic carbocycles. The number of nitrogens with two attached hydrogens (primary N) is 1. The second-order valence-electron chi connectivity index (χ2n) is 5.54. The number of carboxylic acids is 1. The summed E-state index contributed by atoms with van der Waals surface area (Å²) >= 11 is 0. The topological polar surface area (TPSA) is 75.7 Å². The molecule has 21 heavy (non-hydrogen) atoms. The Bertz CT molecular complexity index is 404. The Kier molecular flexibility index (Phi) is 7.93. The zero-order valence-corrected chi connectivity index (χ0v) is 12.8. The SMILES string of the molecule is C=CCCCCCCCC1=NC=C[N+]1(CCN)CC(=O)O. The fourth-order valence-electron chi connectivity index (χ4n) is 2.74. The van der Waals surface area contributed by atoms with Crippen LogP contribution in [0.3, 0.4) is 0 Å². The summed E-state index contributed by atoms with van der Waals surface area (Å²) in [5.41, 5.74) is 5.65. The number of carboxylic acid groups (broad SMARTS) is 1. The van der Waals surface area contributed by atoms with E-state index in [4.69, 9.17) is 10.8 Å². The molecule has 0 saturated heterocycles. The summed E-state index contributed by atoms with van der Waals surface area (Å²) in [6, 6.07) is 0. The lowest BCUT2D eigenvalue weighted by Gasteiger charge is -2.30. The van der Waals surface area contributed by atoms with Crippen molar-refractivity contribution in [2.24, 2.45) is 10.7 Å². The summed E-state index contributed by atoms with van der Waals surface area (Å²) in [6.07, 6.45) is 13.3. The van der Waals surface area contributed by atoms with E-state index in [1.165, 1.54) is 19.3 Å². The van der Waals surface area contributed by atoms with Crippen LogP contribution in [-0.2, 0) is 4.79 Å². The second-order valence-corrected chi connectivity index (χ2v) is 5.54. The predicted molar refractivity (Wildman–Crippen MR) is 85.8 cm³/mol. The summed E-state index contributed by atoms with van der Waals surface area (Å²) < 4.78 is 0.294. The maximum Gasteiger partial charge on any atom is 0.360 e. The van der Waals surface area contributed by atoms with Crippen LogP contribution in [0, 0.1) is 0 Å². The lowest BCUT2D eigenvalue weighted by molar-refractivity contribution is -0.778. The third-order valence-corrected chi connectivity index (χ3v) is 3.84. The lowest BCUT2D eigenvalue weighted by Crippen LogP contribution is -2.52. The Hall–Kier alpha value is -1.46. The number of unbranched alkanes of at least 4 members (excludes halogenated alkanes) is 5. The van der Waals surface area contributed by atoms with Crippen molar-refractivity contribution in [1.29, 1.82) is 0 Å². The predicted octanol–water partition coefficient (Wildman–Crippen LogP) is 2.65. The molecule has 1 unspecified atom stereocenters. The first-order valence-electron chi connectivity index (χ1n) is 7.79. The van der Waals surface area contributed by atoms with Crippen molar-refractivity contribution in [2.75, 3.05) is 19.6 Å². The Morgan fingerprint density at radius 3 is 2.71 bits per heavy atom. The van der Waals surface area contributed by atoms with Crippen LogP contribution >= 0.6 is 0 Å². The van der Waals surface area contributed by atoms with Gasteiger partial charge in [-0.2, -0.15) is 0 Å². The third-order valence-electron chi connectivity index (χ3n) is 3.84. The molecule has 3 N–H and O–H groups in total. The van der Waals surface area contributed by atoms with Gasteiger partial charge in [0.2, 0.25) is 5.84 Å². The zero-order valence-electron chi connectivity index (χ0n) is 12.8. The Labute approximate surface area is 127 Å². The number of hydrogen-bond donors (Lipinski definition) is 2. The van der Waals surface area contributed by atoms with Crippen molar-refractivity contribution in [3.8, 4) is 0 Å². The number of quaternary nitrogens is 1. The van der Waals surface area contributed by atoms with Crippen molar-refractivity contribution in [3.63, 3.8) is 0 Å².